The number of thioether (sulfide) groups is 1. The van der Waals surface area contributed by atoms with E-state index >= 15 is 0 Å². The van der Waals surface area contributed by atoms with Gasteiger partial charge in [-0.1, -0.05) is 66.4 Å². The van der Waals surface area contributed by atoms with E-state index in [2.05, 4.69) is 28.2 Å². The highest BCUT2D eigenvalue weighted by atomic mass is 32.2. The van der Waals surface area contributed by atoms with Gasteiger partial charge in [-0.2, -0.15) is 0 Å². The second-order valence-electron chi connectivity index (χ2n) is 6.09. The number of aromatic amines is 1. The lowest BCUT2D eigenvalue weighted by molar-refractivity contribution is -0.129. The second kappa shape index (κ2) is 7.15. The van der Waals surface area contributed by atoms with Gasteiger partial charge < -0.3 is 9.88 Å². The maximum Gasteiger partial charge on any atom is 0.233 e. The molecule has 1 aliphatic heterocycles. The average molecular weight is 349 g/mol. The van der Waals surface area contributed by atoms with Crippen LogP contribution in [0.2, 0.25) is 0 Å². The molecule has 2 aromatic carbocycles. The summed E-state index contributed by atoms with van der Waals surface area (Å²) in [5.41, 5.74) is 4.69. The number of carbonyl (C=O) groups excluding carboxylic acids is 1. The van der Waals surface area contributed by atoms with Crippen molar-refractivity contribution >= 4 is 17.7 Å². The quantitative estimate of drug-likeness (QED) is 0.730. The normalized spacial score (nSPS) is 13.5. The molecule has 0 atom stereocenters. The molecule has 0 aliphatic carbocycles. The number of hydrogen-bond donors (Lipinski definition) is 1. The van der Waals surface area contributed by atoms with Crippen LogP contribution in [0.25, 0.3) is 11.3 Å². The smallest absolute Gasteiger partial charge is 0.233 e. The fourth-order valence-electron chi connectivity index (χ4n) is 3.07. The summed E-state index contributed by atoms with van der Waals surface area (Å²) in [7, 11) is 0. The number of rotatable bonds is 4. The van der Waals surface area contributed by atoms with Gasteiger partial charge in [0.2, 0.25) is 5.91 Å². The van der Waals surface area contributed by atoms with E-state index in [1.807, 2.05) is 47.5 Å². The molecule has 1 aromatic heterocycles. The van der Waals surface area contributed by atoms with Crippen LogP contribution < -0.4 is 0 Å². The first-order chi connectivity index (χ1) is 12.3. The van der Waals surface area contributed by atoms with E-state index in [1.54, 1.807) is 0 Å². The molecule has 2 heterocycles. The Morgan fingerprint density at radius 3 is 2.68 bits per heavy atom. The van der Waals surface area contributed by atoms with Crippen molar-refractivity contribution in [3.8, 4) is 11.3 Å². The van der Waals surface area contributed by atoms with Crippen LogP contribution in [0.15, 0.2) is 66.0 Å². The fourth-order valence-corrected chi connectivity index (χ4v) is 3.82. The molecule has 0 spiro atoms. The van der Waals surface area contributed by atoms with Crippen molar-refractivity contribution in [2.45, 2.75) is 18.1 Å². The first-order valence-electron chi connectivity index (χ1n) is 8.37. The Morgan fingerprint density at radius 1 is 1.08 bits per heavy atom. The predicted octanol–water partition coefficient (Wildman–Crippen LogP) is 3.75. The van der Waals surface area contributed by atoms with E-state index in [1.165, 1.54) is 22.9 Å². The number of benzene rings is 2. The minimum Gasteiger partial charge on any atom is -0.337 e. The lowest BCUT2D eigenvalue weighted by Gasteiger charge is -2.28. The average Bonchev–Trinajstić information content (AvgIpc) is 3.15. The maximum absolute atomic E-state index is 12.5. The number of imidazole rings is 1. The van der Waals surface area contributed by atoms with Gasteiger partial charge in [0, 0.05) is 13.1 Å². The van der Waals surface area contributed by atoms with Crippen molar-refractivity contribution in [3.05, 3.63) is 71.9 Å². The molecule has 0 radical (unpaired) electrons. The highest BCUT2D eigenvalue weighted by Gasteiger charge is 2.20. The molecule has 5 heteroatoms. The maximum atomic E-state index is 12.5. The van der Waals surface area contributed by atoms with Crippen LogP contribution in [0, 0.1) is 0 Å². The largest absolute Gasteiger partial charge is 0.337 e. The first-order valence-corrected chi connectivity index (χ1v) is 9.36. The van der Waals surface area contributed by atoms with Crippen molar-refractivity contribution in [1.29, 1.82) is 0 Å². The summed E-state index contributed by atoms with van der Waals surface area (Å²) in [5.74, 6) is 0.571. The number of hydrogen-bond acceptors (Lipinski definition) is 3. The van der Waals surface area contributed by atoms with Crippen LogP contribution in [0.4, 0.5) is 0 Å². The van der Waals surface area contributed by atoms with Crippen LogP contribution in [0.3, 0.4) is 0 Å². The fraction of sp³-hybridized carbons (Fsp3) is 0.200. The summed E-state index contributed by atoms with van der Waals surface area (Å²) in [6.07, 6.45) is 2.75. The molecular formula is C20H19N3OS. The Balaban J connectivity index is 1.36. The Labute approximate surface area is 151 Å². The molecule has 1 N–H and O–H groups in total. The Bertz CT molecular complexity index is 875. The standard InChI is InChI=1S/C20H19N3OS/c24-19(23-11-10-15-6-4-5-9-17(15)13-23)14-25-20-21-12-18(22-20)16-7-2-1-3-8-16/h1-9,12H,10-11,13-14H2,(H,21,22). The number of H-pyrrole nitrogens is 1. The number of amides is 1. The Kier molecular flexibility index (Phi) is 4.57. The summed E-state index contributed by atoms with van der Waals surface area (Å²) in [5, 5.41) is 0.782. The molecule has 3 aromatic rings. The van der Waals surface area contributed by atoms with Gasteiger partial charge in [0.25, 0.3) is 0 Å². The van der Waals surface area contributed by atoms with Crippen LogP contribution in [0.1, 0.15) is 11.1 Å². The summed E-state index contributed by atoms with van der Waals surface area (Å²) in [6.45, 7) is 1.51. The van der Waals surface area contributed by atoms with E-state index in [9.17, 15) is 4.79 Å². The van der Waals surface area contributed by atoms with Crippen LogP contribution in [-0.2, 0) is 17.8 Å². The highest BCUT2D eigenvalue weighted by molar-refractivity contribution is 7.99. The molecule has 0 bridgehead atoms. The number of nitrogens with one attached hydrogen (secondary N) is 1. The van der Waals surface area contributed by atoms with Gasteiger partial charge in [-0.3, -0.25) is 4.79 Å². The van der Waals surface area contributed by atoms with Crippen molar-refractivity contribution in [1.82, 2.24) is 14.9 Å². The van der Waals surface area contributed by atoms with Gasteiger partial charge >= 0.3 is 0 Å². The van der Waals surface area contributed by atoms with Crippen LogP contribution >= 0.6 is 11.8 Å². The molecule has 4 rings (SSSR count). The Hall–Kier alpha value is -2.53. The number of aromatic nitrogens is 2. The van der Waals surface area contributed by atoms with Gasteiger partial charge in [-0.25, -0.2) is 4.98 Å². The first kappa shape index (κ1) is 16.0. The van der Waals surface area contributed by atoms with E-state index in [-0.39, 0.29) is 5.91 Å². The lowest BCUT2D eigenvalue weighted by atomic mass is 10.00. The summed E-state index contributed by atoms with van der Waals surface area (Å²) >= 11 is 1.46. The van der Waals surface area contributed by atoms with Gasteiger partial charge in [0.15, 0.2) is 5.16 Å². The van der Waals surface area contributed by atoms with Crippen molar-refractivity contribution in [2.75, 3.05) is 12.3 Å². The summed E-state index contributed by atoms with van der Waals surface area (Å²) in [4.78, 5) is 22.1. The van der Waals surface area contributed by atoms with Crippen LogP contribution in [0.5, 0.6) is 0 Å². The Morgan fingerprint density at radius 2 is 1.84 bits per heavy atom. The number of fused-ring (bicyclic) bond motifs is 1. The third kappa shape index (κ3) is 3.61. The molecule has 0 saturated heterocycles. The molecular weight excluding hydrogens is 330 g/mol. The topological polar surface area (TPSA) is 49.0 Å². The minimum atomic E-state index is 0.164. The lowest BCUT2D eigenvalue weighted by Crippen LogP contribution is -2.37. The van der Waals surface area contributed by atoms with Gasteiger partial charge in [-0.15, -0.1) is 0 Å². The van der Waals surface area contributed by atoms with Crippen molar-refractivity contribution < 1.29 is 4.79 Å². The van der Waals surface area contributed by atoms with E-state index in [4.69, 9.17) is 0 Å². The highest BCUT2D eigenvalue weighted by Crippen LogP contribution is 2.23. The molecule has 1 amide bonds. The van der Waals surface area contributed by atoms with E-state index < -0.39 is 0 Å². The second-order valence-corrected chi connectivity index (χ2v) is 7.05. The van der Waals surface area contributed by atoms with Gasteiger partial charge in [0.05, 0.1) is 17.6 Å². The summed E-state index contributed by atoms with van der Waals surface area (Å²) in [6, 6.07) is 18.4. The van der Waals surface area contributed by atoms with Gasteiger partial charge in [0.1, 0.15) is 0 Å². The van der Waals surface area contributed by atoms with Crippen molar-refractivity contribution in [3.63, 3.8) is 0 Å². The zero-order valence-electron chi connectivity index (χ0n) is 13.8. The summed E-state index contributed by atoms with van der Waals surface area (Å²) < 4.78 is 0. The SMILES string of the molecule is O=C(CSc1ncc(-c2ccccc2)[nH]1)N1CCc2ccccc2C1. The molecule has 1 aliphatic rings. The third-order valence-electron chi connectivity index (χ3n) is 4.45. The minimum absolute atomic E-state index is 0.164. The molecule has 0 unspecified atom stereocenters. The van der Waals surface area contributed by atoms with Crippen molar-refractivity contribution in [2.24, 2.45) is 0 Å². The molecule has 0 fully saturated rings. The number of nitrogens with zero attached hydrogens (tertiary/aromatic N) is 2. The third-order valence-corrected chi connectivity index (χ3v) is 5.33. The molecule has 25 heavy (non-hydrogen) atoms. The van der Waals surface area contributed by atoms with Gasteiger partial charge in [-0.05, 0) is 23.1 Å². The molecule has 4 nitrogen and oxygen atoms in total. The zero-order valence-corrected chi connectivity index (χ0v) is 14.6. The number of carbonyl (C=O) groups is 1. The van der Waals surface area contributed by atoms with Crippen LogP contribution in [-0.4, -0.2) is 33.1 Å². The van der Waals surface area contributed by atoms with E-state index in [0.29, 0.717) is 12.3 Å². The molecule has 126 valence electrons. The zero-order chi connectivity index (χ0) is 17.1. The molecule has 0 saturated carbocycles. The predicted molar refractivity (Wildman–Crippen MR) is 100 cm³/mol. The monoisotopic (exact) mass is 349 g/mol. The van der Waals surface area contributed by atoms with E-state index in [0.717, 1.165) is 29.4 Å².